The van der Waals surface area contributed by atoms with Crippen LogP contribution in [-0.2, 0) is 6.18 Å². The number of benzene rings is 1. The lowest BCUT2D eigenvalue weighted by atomic mass is 10.1. The summed E-state index contributed by atoms with van der Waals surface area (Å²) in [5, 5.41) is 5.80. The van der Waals surface area contributed by atoms with Gasteiger partial charge in [-0.25, -0.2) is 5.10 Å². The number of H-pyrrole nitrogens is 1. The van der Waals surface area contributed by atoms with Gasteiger partial charge in [0.1, 0.15) is 0 Å². The van der Waals surface area contributed by atoms with Gasteiger partial charge in [0.25, 0.3) is 5.56 Å². The van der Waals surface area contributed by atoms with Gasteiger partial charge in [0.2, 0.25) is 0 Å². The van der Waals surface area contributed by atoms with E-state index in [0.29, 0.717) is 11.3 Å². The van der Waals surface area contributed by atoms with E-state index in [0.717, 1.165) is 12.1 Å². The lowest BCUT2D eigenvalue weighted by Crippen LogP contribution is -2.07. The van der Waals surface area contributed by atoms with Crippen molar-refractivity contribution in [3.05, 3.63) is 51.3 Å². The number of nitrogens with zero attached hydrogens (tertiary/aromatic N) is 1. The summed E-state index contributed by atoms with van der Waals surface area (Å²) < 4.78 is 37.3. The number of hydrogen-bond acceptors (Lipinski definition) is 2. The van der Waals surface area contributed by atoms with E-state index in [2.05, 4.69) is 10.2 Å². The maximum atomic E-state index is 12.4. The zero-order valence-corrected chi connectivity index (χ0v) is 9.51. The van der Waals surface area contributed by atoms with Gasteiger partial charge < -0.3 is 0 Å². The second-order valence-electron chi connectivity index (χ2n) is 3.50. The molecule has 7 heteroatoms. The molecule has 0 fully saturated rings. The van der Waals surface area contributed by atoms with Crippen molar-refractivity contribution in [3.63, 3.8) is 0 Å². The summed E-state index contributed by atoms with van der Waals surface area (Å²) in [5.74, 6) is 0. The summed E-state index contributed by atoms with van der Waals surface area (Å²) in [6.45, 7) is 0. The largest absolute Gasteiger partial charge is 0.416 e. The molecule has 3 nitrogen and oxygen atoms in total. The number of nitrogens with one attached hydrogen (secondary N) is 1. The van der Waals surface area contributed by atoms with Crippen LogP contribution >= 0.6 is 11.6 Å². The first-order valence-corrected chi connectivity index (χ1v) is 5.18. The normalized spacial score (nSPS) is 11.6. The highest BCUT2D eigenvalue weighted by Crippen LogP contribution is 2.34. The molecule has 0 bridgehead atoms. The van der Waals surface area contributed by atoms with Crippen LogP contribution in [0, 0.1) is 0 Å². The van der Waals surface area contributed by atoms with Crippen molar-refractivity contribution >= 4 is 11.6 Å². The third kappa shape index (κ3) is 2.53. The predicted molar refractivity (Wildman–Crippen MR) is 60.3 cm³/mol. The molecule has 18 heavy (non-hydrogen) atoms. The molecule has 1 aromatic carbocycles. The van der Waals surface area contributed by atoms with Crippen LogP contribution in [0.1, 0.15) is 5.56 Å². The third-order valence-corrected chi connectivity index (χ3v) is 2.56. The molecule has 0 amide bonds. The summed E-state index contributed by atoms with van der Waals surface area (Å²) >= 11 is 5.78. The molecule has 0 saturated carbocycles. The highest BCUT2D eigenvalue weighted by atomic mass is 35.5. The topological polar surface area (TPSA) is 45.8 Å². The minimum absolute atomic E-state index is 0.0793. The van der Waals surface area contributed by atoms with E-state index in [-0.39, 0.29) is 5.02 Å². The molecule has 94 valence electrons. The maximum absolute atomic E-state index is 12.4. The Kier molecular flexibility index (Phi) is 3.13. The number of alkyl halides is 3. The Balaban J connectivity index is 2.48. The van der Waals surface area contributed by atoms with Gasteiger partial charge in [-0.1, -0.05) is 17.7 Å². The Morgan fingerprint density at radius 3 is 2.39 bits per heavy atom. The molecule has 0 saturated heterocycles. The van der Waals surface area contributed by atoms with Gasteiger partial charge >= 0.3 is 6.18 Å². The minimum atomic E-state index is -4.44. The molecule has 0 aliphatic carbocycles. The molecule has 1 N–H and O–H groups in total. The number of rotatable bonds is 1. The zero-order chi connectivity index (χ0) is 13.3. The molecule has 0 aliphatic rings. The van der Waals surface area contributed by atoms with E-state index in [9.17, 15) is 18.0 Å². The lowest BCUT2D eigenvalue weighted by Gasteiger charge is -2.09. The van der Waals surface area contributed by atoms with Crippen LogP contribution in [-0.4, -0.2) is 10.2 Å². The van der Waals surface area contributed by atoms with Gasteiger partial charge in [-0.3, -0.25) is 4.79 Å². The van der Waals surface area contributed by atoms with Crippen LogP contribution in [0.25, 0.3) is 11.3 Å². The van der Waals surface area contributed by atoms with Gasteiger partial charge in [-0.2, -0.15) is 18.3 Å². The van der Waals surface area contributed by atoms with Crippen molar-refractivity contribution in [1.82, 2.24) is 10.2 Å². The highest BCUT2D eigenvalue weighted by molar-refractivity contribution is 6.33. The Hall–Kier alpha value is -1.82. The van der Waals surface area contributed by atoms with Crippen molar-refractivity contribution in [2.24, 2.45) is 0 Å². The van der Waals surface area contributed by atoms with Crippen molar-refractivity contribution in [2.45, 2.75) is 6.18 Å². The summed E-state index contributed by atoms with van der Waals surface area (Å²) in [5.41, 5.74) is -0.614. The molecule has 2 rings (SSSR count). The maximum Gasteiger partial charge on any atom is 0.416 e. The molecular formula is C11H6ClF3N2O. The minimum Gasteiger partial charge on any atom is -0.268 e. The molecule has 0 spiro atoms. The fourth-order valence-corrected chi connectivity index (χ4v) is 1.67. The number of aromatic nitrogens is 2. The standard InChI is InChI=1S/C11H6ClF3N2O/c12-8-5-6(11(13,14)15)1-2-7(8)9-3-4-10(18)17-16-9/h1-5H,(H,17,18). The molecule has 0 atom stereocenters. The third-order valence-electron chi connectivity index (χ3n) is 2.25. The van der Waals surface area contributed by atoms with Crippen molar-refractivity contribution in [2.75, 3.05) is 0 Å². The number of halogens is 4. The van der Waals surface area contributed by atoms with Crippen LogP contribution in [0.15, 0.2) is 35.1 Å². The first kappa shape index (κ1) is 12.6. The molecule has 0 aliphatic heterocycles. The average Bonchev–Trinajstić information content (AvgIpc) is 2.29. The van der Waals surface area contributed by atoms with Crippen LogP contribution in [0.3, 0.4) is 0 Å². The summed E-state index contributed by atoms with van der Waals surface area (Å²) in [6.07, 6.45) is -4.44. The van der Waals surface area contributed by atoms with E-state index in [4.69, 9.17) is 11.6 Å². The van der Waals surface area contributed by atoms with Crippen LogP contribution < -0.4 is 5.56 Å². The second kappa shape index (κ2) is 4.45. The first-order chi connectivity index (χ1) is 8.38. The number of hydrogen-bond donors (Lipinski definition) is 1. The van der Waals surface area contributed by atoms with Gasteiger partial charge in [-0.15, -0.1) is 0 Å². The van der Waals surface area contributed by atoms with Crippen LogP contribution in [0.2, 0.25) is 5.02 Å². The molecule has 1 aromatic heterocycles. The molecular weight excluding hydrogens is 269 g/mol. The second-order valence-corrected chi connectivity index (χ2v) is 3.91. The van der Waals surface area contributed by atoms with E-state index in [1.54, 1.807) is 0 Å². The molecule has 2 aromatic rings. The summed E-state index contributed by atoms with van der Waals surface area (Å²) in [6, 6.07) is 5.55. The zero-order valence-electron chi connectivity index (χ0n) is 8.75. The van der Waals surface area contributed by atoms with Gasteiger partial charge in [0.15, 0.2) is 0 Å². The van der Waals surface area contributed by atoms with Crippen molar-refractivity contribution in [3.8, 4) is 11.3 Å². The van der Waals surface area contributed by atoms with Gasteiger partial charge in [0, 0.05) is 11.6 Å². The van der Waals surface area contributed by atoms with Crippen molar-refractivity contribution < 1.29 is 13.2 Å². The predicted octanol–water partition coefficient (Wildman–Crippen LogP) is 3.11. The van der Waals surface area contributed by atoms with E-state index in [1.807, 2.05) is 0 Å². The monoisotopic (exact) mass is 274 g/mol. The van der Waals surface area contributed by atoms with Gasteiger partial charge in [-0.05, 0) is 18.2 Å². The average molecular weight is 275 g/mol. The molecule has 0 radical (unpaired) electrons. The Morgan fingerprint density at radius 1 is 1.17 bits per heavy atom. The van der Waals surface area contributed by atoms with Crippen LogP contribution in [0.5, 0.6) is 0 Å². The number of aromatic amines is 1. The van der Waals surface area contributed by atoms with E-state index < -0.39 is 17.3 Å². The SMILES string of the molecule is O=c1ccc(-c2ccc(C(F)(F)F)cc2Cl)n[nH]1. The summed E-state index contributed by atoms with van der Waals surface area (Å²) in [7, 11) is 0. The van der Waals surface area contributed by atoms with E-state index in [1.165, 1.54) is 18.2 Å². The fraction of sp³-hybridized carbons (Fsp3) is 0.0909. The highest BCUT2D eigenvalue weighted by Gasteiger charge is 2.31. The van der Waals surface area contributed by atoms with E-state index >= 15 is 0 Å². The Labute approximate surface area is 104 Å². The fourth-order valence-electron chi connectivity index (χ4n) is 1.39. The summed E-state index contributed by atoms with van der Waals surface area (Å²) in [4.78, 5) is 10.8. The lowest BCUT2D eigenvalue weighted by molar-refractivity contribution is -0.137. The first-order valence-electron chi connectivity index (χ1n) is 4.81. The molecule has 1 heterocycles. The van der Waals surface area contributed by atoms with Gasteiger partial charge in [0.05, 0.1) is 16.3 Å². The Bertz CT molecular complexity index is 616. The van der Waals surface area contributed by atoms with Crippen molar-refractivity contribution in [1.29, 1.82) is 0 Å². The Morgan fingerprint density at radius 2 is 1.89 bits per heavy atom. The quantitative estimate of drug-likeness (QED) is 0.868. The molecule has 0 unspecified atom stereocenters. The van der Waals surface area contributed by atoms with Crippen LogP contribution in [0.4, 0.5) is 13.2 Å². The smallest absolute Gasteiger partial charge is 0.268 e.